The smallest absolute Gasteiger partial charge is 0.243 e. The number of carbonyl (C=O) groups is 1. The van der Waals surface area contributed by atoms with Crippen molar-refractivity contribution in [3.63, 3.8) is 0 Å². The maximum absolute atomic E-state index is 12.2. The number of amides is 1. The number of amidine groups is 1. The van der Waals surface area contributed by atoms with Crippen LogP contribution in [0.1, 0.15) is 19.4 Å². The van der Waals surface area contributed by atoms with Crippen molar-refractivity contribution in [3.05, 3.63) is 54.1 Å². The summed E-state index contributed by atoms with van der Waals surface area (Å²) in [6, 6.07) is 14.5. The Kier molecular flexibility index (Phi) is 6.00. The van der Waals surface area contributed by atoms with Gasteiger partial charge in [0.2, 0.25) is 5.91 Å². The quantitative estimate of drug-likeness (QED) is 0.534. The highest BCUT2D eigenvalue weighted by atomic mass is 16.5. The molecular weight excluding hydrogens is 316 g/mol. The van der Waals surface area contributed by atoms with Crippen LogP contribution in [0.4, 0.5) is 11.4 Å². The van der Waals surface area contributed by atoms with E-state index in [2.05, 4.69) is 5.32 Å². The van der Waals surface area contributed by atoms with E-state index in [1.807, 2.05) is 57.3 Å². The van der Waals surface area contributed by atoms with Gasteiger partial charge in [-0.15, -0.1) is 0 Å². The molecule has 0 unspecified atom stereocenters. The molecule has 4 N–H and O–H groups in total. The molecule has 0 aromatic heterocycles. The predicted molar refractivity (Wildman–Crippen MR) is 102 cm³/mol. The highest BCUT2D eigenvalue weighted by molar-refractivity contribution is 5.96. The fraction of sp³-hybridized carbons (Fsp3) is 0.263. The topological polar surface area (TPSA) is 91.4 Å². The van der Waals surface area contributed by atoms with Gasteiger partial charge >= 0.3 is 0 Å². The van der Waals surface area contributed by atoms with E-state index >= 15 is 0 Å². The fourth-order valence-corrected chi connectivity index (χ4v) is 2.31. The van der Waals surface area contributed by atoms with E-state index in [0.29, 0.717) is 11.3 Å². The van der Waals surface area contributed by atoms with Crippen LogP contribution in [0.5, 0.6) is 5.75 Å². The van der Waals surface area contributed by atoms with Crippen molar-refractivity contribution < 1.29 is 9.53 Å². The van der Waals surface area contributed by atoms with Crippen molar-refractivity contribution >= 4 is 23.1 Å². The first kappa shape index (κ1) is 18.3. The van der Waals surface area contributed by atoms with Crippen molar-refractivity contribution in [2.24, 2.45) is 5.73 Å². The molecule has 0 heterocycles. The molecule has 6 nitrogen and oxygen atoms in total. The molecule has 0 spiro atoms. The van der Waals surface area contributed by atoms with Gasteiger partial charge in [0.1, 0.15) is 11.6 Å². The molecule has 2 aromatic carbocycles. The van der Waals surface area contributed by atoms with E-state index in [0.717, 1.165) is 11.4 Å². The van der Waals surface area contributed by atoms with Gasteiger partial charge in [0, 0.05) is 24.0 Å². The van der Waals surface area contributed by atoms with Crippen molar-refractivity contribution in [1.29, 1.82) is 5.41 Å². The van der Waals surface area contributed by atoms with Crippen molar-refractivity contribution in [2.45, 2.75) is 20.0 Å². The first-order valence-corrected chi connectivity index (χ1v) is 8.07. The number of nitrogens with zero attached hydrogens (tertiary/aromatic N) is 1. The van der Waals surface area contributed by atoms with E-state index in [4.69, 9.17) is 15.9 Å². The van der Waals surface area contributed by atoms with E-state index in [1.165, 1.54) is 0 Å². The molecule has 0 saturated carbocycles. The van der Waals surface area contributed by atoms with Crippen LogP contribution in [0.15, 0.2) is 48.5 Å². The van der Waals surface area contributed by atoms with E-state index < -0.39 is 0 Å². The first-order chi connectivity index (χ1) is 11.8. The zero-order chi connectivity index (χ0) is 18.4. The minimum atomic E-state index is -0.131. The van der Waals surface area contributed by atoms with Crippen LogP contribution in [0.2, 0.25) is 0 Å². The van der Waals surface area contributed by atoms with Gasteiger partial charge in [0.05, 0.1) is 12.6 Å². The summed E-state index contributed by atoms with van der Waals surface area (Å²) in [7, 11) is 1.82. The summed E-state index contributed by atoms with van der Waals surface area (Å²) in [6.07, 6.45) is 0.111. The lowest BCUT2D eigenvalue weighted by Gasteiger charge is -2.19. The molecule has 0 fully saturated rings. The van der Waals surface area contributed by atoms with Crippen LogP contribution in [0, 0.1) is 5.41 Å². The number of hydrogen-bond donors (Lipinski definition) is 3. The van der Waals surface area contributed by atoms with Crippen LogP contribution in [-0.4, -0.2) is 31.4 Å². The monoisotopic (exact) mass is 340 g/mol. The number of carbonyl (C=O) groups excluding carboxylic acids is 1. The minimum absolute atomic E-state index is 0.00316. The van der Waals surface area contributed by atoms with Crippen molar-refractivity contribution in [1.82, 2.24) is 0 Å². The number of ether oxygens (including phenoxy) is 1. The number of nitrogens with two attached hydrogens (primary N) is 1. The highest BCUT2D eigenvalue weighted by Crippen LogP contribution is 2.18. The van der Waals surface area contributed by atoms with Gasteiger partial charge < -0.3 is 20.7 Å². The Labute approximate surface area is 148 Å². The molecule has 6 heteroatoms. The SMILES string of the molecule is CC(C)Oc1ccc(NC(=O)CN(C)c2cccc(C(=N)N)c2)cc1. The molecular formula is C19H24N4O2. The normalized spacial score (nSPS) is 10.4. The molecule has 1 amide bonds. The summed E-state index contributed by atoms with van der Waals surface area (Å²) >= 11 is 0. The third-order valence-corrected chi connectivity index (χ3v) is 3.49. The summed E-state index contributed by atoms with van der Waals surface area (Å²) in [6.45, 7) is 4.12. The van der Waals surface area contributed by atoms with Gasteiger partial charge in [0.15, 0.2) is 0 Å². The van der Waals surface area contributed by atoms with Gasteiger partial charge in [-0.25, -0.2) is 0 Å². The van der Waals surface area contributed by atoms with Gasteiger partial charge in [0.25, 0.3) is 0 Å². The number of rotatable bonds is 7. The molecule has 132 valence electrons. The number of likely N-dealkylation sites (N-methyl/N-ethyl adjacent to an activating group) is 1. The summed E-state index contributed by atoms with van der Waals surface area (Å²) in [5, 5.41) is 10.3. The third-order valence-electron chi connectivity index (χ3n) is 3.49. The number of nitrogens with one attached hydrogen (secondary N) is 2. The van der Waals surface area contributed by atoms with E-state index in [-0.39, 0.29) is 24.4 Å². The summed E-state index contributed by atoms with van der Waals surface area (Å²) in [4.78, 5) is 14.0. The predicted octanol–water partition coefficient (Wildman–Crippen LogP) is 2.83. The van der Waals surface area contributed by atoms with Crippen LogP contribution in [0.3, 0.4) is 0 Å². The molecule has 2 rings (SSSR count). The van der Waals surface area contributed by atoms with Gasteiger partial charge in [-0.1, -0.05) is 12.1 Å². The lowest BCUT2D eigenvalue weighted by Crippen LogP contribution is -2.30. The Morgan fingerprint density at radius 3 is 2.52 bits per heavy atom. The summed E-state index contributed by atoms with van der Waals surface area (Å²) in [5.74, 6) is 0.642. The number of benzene rings is 2. The highest BCUT2D eigenvalue weighted by Gasteiger charge is 2.09. The Hall–Kier alpha value is -3.02. The Morgan fingerprint density at radius 1 is 1.24 bits per heavy atom. The zero-order valence-corrected chi connectivity index (χ0v) is 14.7. The molecule has 2 aromatic rings. The summed E-state index contributed by atoms with van der Waals surface area (Å²) in [5.41, 5.74) is 7.67. The maximum Gasteiger partial charge on any atom is 0.243 e. The van der Waals surface area contributed by atoms with Crippen LogP contribution >= 0.6 is 0 Å². The average Bonchev–Trinajstić information content (AvgIpc) is 2.56. The molecule has 0 bridgehead atoms. The molecule has 0 aliphatic rings. The third kappa shape index (κ3) is 5.53. The van der Waals surface area contributed by atoms with Crippen LogP contribution in [-0.2, 0) is 4.79 Å². The Bertz CT molecular complexity index is 741. The molecule has 0 aliphatic carbocycles. The maximum atomic E-state index is 12.2. The summed E-state index contributed by atoms with van der Waals surface area (Å²) < 4.78 is 5.58. The number of hydrogen-bond acceptors (Lipinski definition) is 4. The Balaban J connectivity index is 1.95. The standard InChI is InChI=1S/C19H24N4O2/c1-13(2)25-17-9-7-15(8-10-17)22-18(24)12-23(3)16-6-4-5-14(11-16)19(20)21/h4-11,13H,12H2,1-3H3,(H3,20,21)(H,22,24). The lowest BCUT2D eigenvalue weighted by molar-refractivity contribution is -0.114. The molecule has 25 heavy (non-hydrogen) atoms. The van der Waals surface area contributed by atoms with Gasteiger partial charge in [-0.2, -0.15) is 0 Å². The largest absolute Gasteiger partial charge is 0.491 e. The first-order valence-electron chi connectivity index (χ1n) is 8.07. The van der Waals surface area contributed by atoms with Gasteiger partial charge in [-0.3, -0.25) is 10.2 Å². The molecule has 0 radical (unpaired) electrons. The minimum Gasteiger partial charge on any atom is -0.491 e. The lowest BCUT2D eigenvalue weighted by atomic mass is 10.2. The van der Waals surface area contributed by atoms with Crippen molar-refractivity contribution in [2.75, 3.05) is 23.8 Å². The van der Waals surface area contributed by atoms with Gasteiger partial charge in [-0.05, 0) is 50.2 Å². The van der Waals surface area contributed by atoms with Crippen molar-refractivity contribution in [3.8, 4) is 5.75 Å². The molecule has 0 atom stereocenters. The van der Waals surface area contributed by atoms with Crippen LogP contribution < -0.4 is 20.7 Å². The van der Waals surface area contributed by atoms with E-state index in [9.17, 15) is 4.79 Å². The average molecular weight is 340 g/mol. The zero-order valence-electron chi connectivity index (χ0n) is 14.7. The second-order valence-electron chi connectivity index (χ2n) is 6.06. The number of anilines is 2. The number of nitrogen functional groups attached to an aromatic ring is 1. The van der Waals surface area contributed by atoms with E-state index in [1.54, 1.807) is 17.0 Å². The second-order valence-corrected chi connectivity index (χ2v) is 6.06. The second kappa shape index (κ2) is 8.19. The molecule has 0 aliphatic heterocycles. The molecule has 0 saturated heterocycles. The Morgan fingerprint density at radius 2 is 1.92 bits per heavy atom. The fourth-order valence-electron chi connectivity index (χ4n) is 2.31. The van der Waals surface area contributed by atoms with Crippen LogP contribution in [0.25, 0.3) is 0 Å².